The highest BCUT2D eigenvalue weighted by Gasteiger charge is 2.18. The molecule has 1 aromatic carbocycles. The molecule has 0 aliphatic heterocycles. The van der Waals surface area contributed by atoms with Crippen molar-refractivity contribution in [3.05, 3.63) is 51.4 Å². The van der Waals surface area contributed by atoms with Crippen LogP contribution in [0.3, 0.4) is 0 Å². The van der Waals surface area contributed by atoms with E-state index >= 15 is 0 Å². The van der Waals surface area contributed by atoms with E-state index in [1.807, 2.05) is 16.8 Å². The van der Waals surface area contributed by atoms with Gasteiger partial charge in [-0.05, 0) is 53.9 Å². The van der Waals surface area contributed by atoms with Gasteiger partial charge in [0, 0.05) is 12.1 Å². The van der Waals surface area contributed by atoms with Gasteiger partial charge in [-0.2, -0.15) is 11.3 Å². The Balaban J connectivity index is 1.81. The Hall–Kier alpha value is -1.92. The average molecular weight is 356 g/mol. The molecular formula is C16H15ClFNO3S. The monoisotopic (exact) mass is 355 g/mol. The van der Waals surface area contributed by atoms with Crippen LogP contribution in [0.15, 0.2) is 35.0 Å². The summed E-state index contributed by atoms with van der Waals surface area (Å²) in [7, 11) is 0. The second-order valence-corrected chi connectivity index (χ2v) is 6.07. The molecular weight excluding hydrogens is 341 g/mol. The number of hydrogen-bond donors (Lipinski definition) is 1. The molecule has 0 unspecified atom stereocenters. The molecule has 23 heavy (non-hydrogen) atoms. The number of carbonyl (C=O) groups excluding carboxylic acids is 2. The quantitative estimate of drug-likeness (QED) is 0.795. The summed E-state index contributed by atoms with van der Waals surface area (Å²) in [5, 5.41) is 6.32. The summed E-state index contributed by atoms with van der Waals surface area (Å²) in [4.78, 5) is 23.7. The van der Waals surface area contributed by atoms with Crippen molar-refractivity contribution < 1.29 is 18.7 Å². The van der Waals surface area contributed by atoms with Crippen molar-refractivity contribution >= 4 is 40.5 Å². The molecule has 0 saturated heterocycles. The van der Waals surface area contributed by atoms with Gasteiger partial charge in [-0.3, -0.25) is 9.59 Å². The molecule has 122 valence electrons. The maximum absolute atomic E-state index is 13.1. The van der Waals surface area contributed by atoms with Gasteiger partial charge in [0.05, 0.1) is 5.02 Å². The summed E-state index contributed by atoms with van der Waals surface area (Å²) >= 11 is 7.20. The number of nitrogens with one attached hydrogen (secondary N) is 1. The zero-order valence-electron chi connectivity index (χ0n) is 12.3. The van der Waals surface area contributed by atoms with Gasteiger partial charge in [-0.1, -0.05) is 11.6 Å². The SMILES string of the molecule is C[C@@H](OC(=O)CCc1ccsc1)C(=O)Nc1ccc(F)c(Cl)c1. The van der Waals surface area contributed by atoms with Gasteiger partial charge in [-0.25, -0.2) is 4.39 Å². The lowest BCUT2D eigenvalue weighted by molar-refractivity contribution is -0.153. The highest BCUT2D eigenvalue weighted by molar-refractivity contribution is 7.07. The number of halogens is 2. The minimum Gasteiger partial charge on any atom is -0.453 e. The summed E-state index contributed by atoms with van der Waals surface area (Å²) in [6, 6.07) is 5.76. The molecule has 0 spiro atoms. The fourth-order valence-electron chi connectivity index (χ4n) is 1.81. The van der Waals surface area contributed by atoms with Crippen molar-refractivity contribution in [1.82, 2.24) is 0 Å². The van der Waals surface area contributed by atoms with Crippen LogP contribution in [0.4, 0.5) is 10.1 Å². The number of benzene rings is 1. The summed E-state index contributed by atoms with van der Waals surface area (Å²) in [6.07, 6.45) is -0.171. The van der Waals surface area contributed by atoms with Crippen LogP contribution < -0.4 is 5.32 Å². The fraction of sp³-hybridized carbons (Fsp3) is 0.250. The van der Waals surface area contributed by atoms with E-state index < -0.39 is 23.8 Å². The lowest BCUT2D eigenvalue weighted by atomic mass is 10.2. The molecule has 2 rings (SSSR count). The summed E-state index contributed by atoms with van der Waals surface area (Å²) < 4.78 is 18.1. The molecule has 0 radical (unpaired) electrons. The molecule has 1 aromatic heterocycles. The van der Waals surface area contributed by atoms with Crippen molar-refractivity contribution in [2.45, 2.75) is 25.9 Å². The Labute approximate surface area is 142 Å². The number of ether oxygens (including phenoxy) is 1. The van der Waals surface area contributed by atoms with Crippen molar-refractivity contribution in [3.63, 3.8) is 0 Å². The summed E-state index contributed by atoms with van der Waals surface area (Å²) in [6.45, 7) is 1.48. The van der Waals surface area contributed by atoms with E-state index in [9.17, 15) is 14.0 Å². The van der Waals surface area contributed by atoms with E-state index in [0.29, 0.717) is 12.1 Å². The van der Waals surface area contributed by atoms with Gasteiger partial charge >= 0.3 is 5.97 Å². The second kappa shape index (κ2) is 8.08. The number of esters is 1. The first-order valence-electron chi connectivity index (χ1n) is 6.92. The maximum atomic E-state index is 13.1. The molecule has 4 nitrogen and oxygen atoms in total. The van der Waals surface area contributed by atoms with E-state index in [0.717, 1.165) is 11.6 Å². The molecule has 1 amide bonds. The minimum atomic E-state index is -0.950. The van der Waals surface area contributed by atoms with Crippen LogP contribution in [-0.2, 0) is 20.7 Å². The third-order valence-corrected chi connectivity index (χ3v) is 4.08. The molecule has 0 saturated carbocycles. The number of aryl methyl sites for hydroxylation is 1. The number of carbonyl (C=O) groups is 2. The first kappa shape index (κ1) is 17.4. The standard InChI is InChI=1S/C16H15ClFNO3S/c1-10(22-15(20)5-2-11-6-7-23-9-11)16(21)19-12-3-4-14(18)13(17)8-12/h3-4,6-10H,2,5H2,1H3,(H,19,21)/t10-/m1/s1. The van der Waals surface area contributed by atoms with Crippen LogP contribution in [-0.4, -0.2) is 18.0 Å². The highest BCUT2D eigenvalue weighted by Crippen LogP contribution is 2.19. The molecule has 0 bridgehead atoms. The van der Waals surface area contributed by atoms with Gasteiger partial charge in [0.2, 0.25) is 0 Å². The van der Waals surface area contributed by atoms with Crippen molar-refractivity contribution in [2.75, 3.05) is 5.32 Å². The summed E-state index contributed by atoms with van der Waals surface area (Å²) in [5.74, 6) is -1.52. The van der Waals surface area contributed by atoms with Crippen LogP contribution in [0.5, 0.6) is 0 Å². The topological polar surface area (TPSA) is 55.4 Å². The van der Waals surface area contributed by atoms with E-state index in [-0.39, 0.29) is 11.4 Å². The lowest BCUT2D eigenvalue weighted by Crippen LogP contribution is -2.30. The van der Waals surface area contributed by atoms with Gasteiger partial charge in [-0.15, -0.1) is 0 Å². The van der Waals surface area contributed by atoms with Crippen molar-refractivity contribution in [1.29, 1.82) is 0 Å². The third-order valence-electron chi connectivity index (χ3n) is 3.06. The van der Waals surface area contributed by atoms with Crippen molar-refractivity contribution in [3.8, 4) is 0 Å². The van der Waals surface area contributed by atoms with E-state index in [2.05, 4.69) is 5.32 Å². The number of rotatable bonds is 6. The Kier molecular flexibility index (Phi) is 6.12. The largest absolute Gasteiger partial charge is 0.453 e. The number of thiophene rings is 1. The molecule has 7 heteroatoms. The minimum absolute atomic E-state index is 0.0942. The predicted octanol–water partition coefficient (Wildman–Crippen LogP) is 4.04. The maximum Gasteiger partial charge on any atom is 0.306 e. The Morgan fingerprint density at radius 1 is 1.39 bits per heavy atom. The summed E-state index contributed by atoms with van der Waals surface area (Å²) in [5.41, 5.74) is 1.40. The van der Waals surface area contributed by atoms with Gasteiger partial charge in [0.1, 0.15) is 5.82 Å². The highest BCUT2D eigenvalue weighted by atomic mass is 35.5. The van der Waals surface area contributed by atoms with Gasteiger partial charge in [0.25, 0.3) is 5.91 Å². The molecule has 0 aliphatic rings. The van der Waals surface area contributed by atoms with Crippen LogP contribution in [0, 0.1) is 5.82 Å². The molecule has 1 N–H and O–H groups in total. The number of amides is 1. The van der Waals surface area contributed by atoms with Crippen molar-refractivity contribution in [2.24, 2.45) is 0 Å². The van der Waals surface area contributed by atoms with Crippen LogP contribution in [0.1, 0.15) is 18.9 Å². The van der Waals surface area contributed by atoms with Crippen LogP contribution in [0.25, 0.3) is 0 Å². The average Bonchev–Trinajstić information content (AvgIpc) is 3.02. The number of hydrogen-bond acceptors (Lipinski definition) is 4. The van der Waals surface area contributed by atoms with E-state index in [1.54, 1.807) is 11.3 Å². The van der Waals surface area contributed by atoms with Crippen LogP contribution in [0.2, 0.25) is 5.02 Å². The Morgan fingerprint density at radius 2 is 2.17 bits per heavy atom. The smallest absolute Gasteiger partial charge is 0.306 e. The molecule has 0 aliphatic carbocycles. The van der Waals surface area contributed by atoms with E-state index in [4.69, 9.17) is 16.3 Å². The lowest BCUT2D eigenvalue weighted by Gasteiger charge is -2.13. The van der Waals surface area contributed by atoms with Crippen LogP contribution >= 0.6 is 22.9 Å². The van der Waals surface area contributed by atoms with E-state index in [1.165, 1.54) is 19.1 Å². The third kappa shape index (κ3) is 5.33. The normalized spacial score (nSPS) is 11.8. The predicted molar refractivity (Wildman–Crippen MR) is 88.2 cm³/mol. The first-order chi connectivity index (χ1) is 11.0. The Morgan fingerprint density at radius 3 is 2.83 bits per heavy atom. The zero-order valence-corrected chi connectivity index (χ0v) is 13.9. The zero-order chi connectivity index (χ0) is 16.8. The second-order valence-electron chi connectivity index (χ2n) is 4.88. The first-order valence-corrected chi connectivity index (χ1v) is 8.24. The molecule has 0 fully saturated rings. The molecule has 1 heterocycles. The number of anilines is 1. The molecule has 1 atom stereocenters. The molecule has 2 aromatic rings. The van der Waals surface area contributed by atoms with Gasteiger partial charge in [0.15, 0.2) is 6.10 Å². The fourth-order valence-corrected chi connectivity index (χ4v) is 2.69. The van der Waals surface area contributed by atoms with Gasteiger partial charge < -0.3 is 10.1 Å². The Bertz CT molecular complexity index is 691.